The van der Waals surface area contributed by atoms with Gasteiger partial charge >= 0.3 is 0 Å². The number of halogens is 1. The van der Waals surface area contributed by atoms with Crippen molar-refractivity contribution in [1.29, 1.82) is 0 Å². The van der Waals surface area contributed by atoms with Crippen molar-refractivity contribution in [2.45, 2.75) is 19.8 Å². The van der Waals surface area contributed by atoms with E-state index in [4.69, 9.17) is 11.6 Å². The molecule has 0 aromatic heterocycles. The monoisotopic (exact) mass is 282 g/mol. The molecule has 0 saturated heterocycles. The highest BCUT2D eigenvalue weighted by molar-refractivity contribution is 6.34. The molecule has 0 aliphatic heterocycles. The normalized spacial score (nSPS) is 15.9. The summed E-state index contributed by atoms with van der Waals surface area (Å²) < 4.78 is 0. The molecule has 1 aliphatic rings. The van der Waals surface area contributed by atoms with Gasteiger partial charge in [-0.2, -0.15) is 0 Å². The van der Waals surface area contributed by atoms with Crippen LogP contribution in [0.1, 0.15) is 30.1 Å². The fourth-order valence-corrected chi connectivity index (χ4v) is 2.24. The average Bonchev–Trinajstić information content (AvgIpc) is 3.19. The van der Waals surface area contributed by atoms with Crippen LogP contribution in [0.3, 0.4) is 0 Å². The number of amides is 1. The summed E-state index contributed by atoms with van der Waals surface area (Å²) in [5, 5.41) is 13.5. The summed E-state index contributed by atoms with van der Waals surface area (Å²) in [4.78, 5) is 22.0. The highest BCUT2D eigenvalue weighted by Crippen LogP contribution is 2.36. The fourth-order valence-electron chi connectivity index (χ4n) is 1.98. The molecule has 5 nitrogen and oxygen atoms in total. The quantitative estimate of drug-likeness (QED) is 0.666. The second-order valence-electron chi connectivity index (χ2n) is 4.95. The summed E-state index contributed by atoms with van der Waals surface area (Å²) in [5.74, 6) is 0.890. The van der Waals surface area contributed by atoms with Crippen molar-refractivity contribution in [3.8, 4) is 0 Å². The van der Waals surface area contributed by atoms with Crippen LogP contribution in [0, 0.1) is 22.0 Å². The number of hydrogen-bond acceptors (Lipinski definition) is 3. The first-order valence-electron chi connectivity index (χ1n) is 6.21. The van der Waals surface area contributed by atoms with E-state index in [1.807, 2.05) is 0 Å². The minimum atomic E-state index is -0.539. The highest BCUT2D eigenvalue weighted by atomic mass is 35.5. The molecule has 1 N–H and O–H groups in total. The Morgan fingerprint density at radius 3 is 2.79 bits per heavy atom. The van der Waals surface area contributed by atoms with E-state index in [2.05, 4.69) is 12.2 Å². The van der Waals surface area contributed by atoms with Crippen molar-refractivity contribution in [2.75, 3.05) is 6.54 Å². The molecule has 2 rings (SSSR count). The maximum absolute atomic E-state index is 11.9. The third-order valence-corrected chi connectivity index (χ3v) is 3.73. The minimum Gasteiger partial charge on any atom is -0.352 e. The van der Waals surface area contributed by atoms with E-state index in [-0.39, 0.29) is 22.2 Å². The van der Waals surface area contributed by atoms with Crippen molar-refractivity contribution in [3.63, 3.8) is 0 Å². The minimum absolute atomic E-state index is 0.103. The standard InChI is InChI=1S/C13H15ClN2O3/c1-8(9-2-3-9)7-15-13(17)11-5-4-10(16(18)19)6-12(11)14/h4-6,8-9H,2-3,7H2,1H3,(H,15,17). The number of nitrogens with zero attached hydrogens (tertiary/aromatic N) is 1. The molecule has 19 heavy (non-hydrogen) atoms. The molecule has 6 heteroatoms. The second kappa shape index (κ2) is 5.57. The smallest absolute Gasteiger partial charge is 0.270 e. The van der Waals surface area contributed by atoms with Gasteiger partial charge in [-0.05, 0) is 30.7 Å². The maximum Gasteiger partial charge on any atom is 0.270 e. The van der Waals surface area contributed by atoms with Gasteiger partial charge in [0.05, 0.1) is 15.5 Å². The Morgan fingerprint density at radius 1 is 1.58 bits per heavy atom. The highest BCUT2D eigenvalue weighted by Gasteiger charge is 2.28. The zero-order valence-electron chi connectivity index (χ0n) is 10.6. The van der Waals surface area contributed by atoms with Crippen molar-refractivity contribution >= 4 is 23.2 Å². The predicted molar refractivity (Wildman–Crippen MR) is 72.3 cm³/mol. The van der Waals surface area contributed by atoms with Crippen molar-refractivity contribution < 1.29 is 9.72 Å². The van der Waals surface area contributed by atoms with Gasteiger partial charge in [-0.25, -0.2) is 0 Å². The number of nitrogens with one attached hydrogen (secondary N) is 1. The van der Waals surface area contributed by atoms with Crippen LogP contribution in [-0.2, 0) is 0 Å². The molecule has 0 heterocycles. The Morgan fingerprint density at radius 2 is 2.26 bits per heavy atom. The first-order chi connectivity index (χ1) is 8.99. The number of carbonyl (C=O) groups is 1. The number of carbonyl (C=O) groups excluding carboxylic acids is 1. The molecule has 1 aliphatic carbocycles. The lowest BCUT2D eigenvalue weighted by atomic mass is 10.1. The van der Waals surface area contributed by atoms with E-state index in [0.29, 0.717) is 18.4 Å². The molecule has 1 aromatic carbocycles. The summed E-state index contributed by atoms with van der Waals surface area (Å²) in [6.45, 7) is 2.71. The third-order valence-electron chi connectivity index (χ3n) is 3.42. The molecule has 0 radical (unpaired) electrons. The zero-order chi connectivity index (χ0) is 14.0. The summed E-state index contributed by atoms with van der Waals surface area (Å²) >= 11 is 5.89. The van der Waals surface area contributed by atoms with Gasteiger partial charge in [0, 0.05) is 18.7 Å². The lowest BCUT2D eigenvalue weighted by Gasteiger charge is -2.11. The molecule has 1 amide bonds. The lowest BCUT2D eigenvalue weighted by Crippen LogP contribution is -2.29. The molecular weight excluding hydrogens is 268 g/mol. The fraction of sp³-hybridized carbons (Fsp3) is 0.462. The Bertz CT molecular complexity index is 515. The molecule has 1 saturated carbocycles. The molecule has 102 valence electrons. The molecular formula is C13H15ClN2O3. The third kappa shape index (κ3) is 3.44. The average molecular weight is 283 g/mol. The molecule has 1 aromatic rings. The van der Waals surface area contributed by atoms with E-state index >= 15 is 0 Å². The van der Waals surface area contributed by atoms with E-state index in [1.165, 1.54) is 31.0 Å². The Labute approximate surface area is 116 Å². The van der Waals surface area contributed by atoms with E-state index in [9.17, 15) is 14.9 Å². The first kappa shape index (κ1) is 13.8. The number of nitro benzene ring substituents is 1. The van der Waals surface area contributed by atoms with Gasteiger partial charge in [-0.15, -0.1) is 0 Å². The Kier molecular flexibility index (Phi) is 4.04. The van der Waals surface area contributed by atoms with E-state index in [1.54, 1.807) is 0 Å². The topological polar surface area (TPSA) is 72.2 Å². The number of benzene rings is 1. The van der Waals surface area contributed by atoms with Crippen LogP contribution in [0.4, 0.5) is 5.69 Å². The van der Waals surface area contributed by atoms with E-state index in [0.717, 1.165) is 0 Å². The van der Waals surface area contributed by atoms with Crippen LogP contribution in [-0.4, -0.2) is 17.4 Å². The van der Waals surface area contributed by atoms with Crippen LogP contribution < -0.4 is 5.32 Å². The molecule has 1 atom stereocenters. The molecule has 1 unspecified atom stereocenters. The molecule has 0 bridgehead atoms. The summed E-state index contributed by atoms with van der Waals surface area (Å²) in [5.41, 5.74) is 0.156. The van der Waals surface area contributed by atoms with Crippen molar-refractivity contribution in [1.82, 2.24) is 5.32 Å². The van der Waals surface area contributed by atoms with Crippen LogP contribution in [0.15, 0.2) is 18.2 Å². The number of nitro groups is 1. The Balaban J connectivity index is 2.00. The van der Waals surface area contributed by atoms with Gasteiger partial charge in [-0.3, -0.25) is 14.9 Å². The maximum atomic E-state index is 11.9. The van der Waals surface area contributed by atoms with E-state index < -0.39 is 4.92 Å². The van der Waals surface area contributed by atoms with Crippen LogP contribution >= 0.6 is 11.6 Å². The summed E-state index contributed by atoms with van der Waals surface area (Å²) in [6.07, 6.45) is 2.46. The largest absolute Gasteiger partial charge is 0.352 e. The first-order valence-corrected chi connectivity index (χ1v) is 6.59. The molecule has 1 fully saturated rings. The van der Waals surface area contributed by atoms with Gasteiger partial charge < -0.3 is 5.32 Å². The van der Waals surface area contributed by atoms with Gasteiger partial charge in [0.15, 0.2) is 0 Å². The van der Waals surface area contributed by atoms with Gasteiger partial charge in [0.2, 0.25) is 0 Å². The number of rotatable bonds is 5. The zero-order valence-corrected chi connectivity index (χ0v) is 11.3. The predicted octanol–water partition coefficient (Wildman–Crippen LogP) is 3.02. The van der Waals surface area contributed by atoms with Crippen molar-refractivity contribution in [2.24, 2.45) is 11.8 Å². The Hall–Kier alpha value is -1.62. The van der Waals surface area contributed by atoms with Gasteiger partial charge in [-0.1, -0.05) is 18.5 Å². The van der Waals surface area contributed by atoms with Crippen LogP contribution in [0.5, 0.6) is 0 Å². The summed E-state index contributed by atoms with van der Waals surface area (Å²) in [6, 6.07) is 3.86. The lowest BCUT2D eigenvalue weighted by molar-refractivity contribution is -0.384. The van der Waals surface area contributed by atoms with Crippen LogP contribution in [0.2, 0.25) is 5.02 Å². The molecule has 0 spiro atoms. The van der Waals surface area contributed by atoms with Crippen LogP contribution in [0.25, 0.3) is 0 Å². The van der Waals surface area contributed by atoms with Gasteiger partial charge in [0.25, 0.3) is 11.6 Å². The second-order valence-corrected chi connectivity index (χ2v) is 5.35. The van der Waals surface area contributed by atoms with Gasteiger partial charge in [0.1, 0.15) is 0 Å². The SMILES string of the molecule is CC(CNC(=O)c1ccc([N+](=O)[O-])cc1Cl)C1CC1. The summed E-state index contributed by atoms with van der Waals surface area (Å²) in [7, 11) is 0. The van der Waals surface area contributed by atoms with Crippen molar-refractivity contribution in [3.05, 3.63) is 38.9 Å². The number of hydrogen-bond donors (Lipinski definition) is 1. The number of non-ortho nitro benzene ring substituents is 1.